The van der Waals surface area contributed by atoms with E-state index < -0.39 is 0 Å². The van der Waals surface area contributed by atoms with E-state index in [4.69, 9.17) is 0 Å². The van der Waals surface area contributed by atoms with E-state index >= 15 is 0 Å². The lowest BCUT2D eigenvalue weighted by molar-refractivity contribution is 0.0752. The lowest BCUT2D eigenvalue weighted by Crippen LogP contribution is -2.35. The number of rotatable bonds is 7. The number of carbonyl (C=O) groups is 1. The van der Waals surface area contributed by atoms with E-state index in [1.165, 1.54) is 0 Å². The Balaban J connectivity index is 2.86. The summed E-state index contributed by atoms with van der Waals surface area (Å²) in [5.41, 5.74) is 1.60. The third-order valence-corrected chi connectivity index (χ3v) is 3.20. The van der Waals surface area contributed by atoms with Gasteiger partial charge in [0, 0.05) is 25.0 Å². The molecule has 0 bridgehead atoms. The van der Waals surface area contributed by atoms with Crippen LogP contribution in [0.1, 0.15) is 42.9 Å². The fourth-order valence-corrected chi connectivity index (χ4v) is 2.31. The molecule has 4 nitrogen and oxygen atoms in total. The summed E-state index contributed by atoms with van der Waals surface area (Å²) in [4.78, 5) is 14.4. The number of hydrogen-bond donors (Lipinski definition) is 0. The molecule has 0 aliphatic heterocycles. The van der Waals surface area contributed by atoms with E-state index in [1.807, 2.05) is 24.8 Å². The lowest BCUT2D eigenvalue weighted by atomic mass is 10.2. The van der Waals surface area contributed by atoms with Gasteiger partial charge in [0.25, 0.3) is 5.91 Å². The predicted octanol–water partition coefficient (Wildman–Crippen LogP) is 2.85. The second kappa shape index (κ2) is 7.56. The summed E-state index contributed by atoms with van der Waals surface area (Å²) in [6.07, 6.45) is 2.14. The fourth-order valence-electron chi connectivity index (χ4n) is 1.89. The van der Waals surface area contributed by atoms with E-state index in [9.17, 15) is 4.79 Å². The number of aryl methyl sites for hydroxylation is 2. The number of carbonyl (C=O) groups excluding carboxylic acids is 1. The minimum Gasteiger partial charge on any atom is -0.336 e. The summed E-state index contributed by atoms with van der Waals surface area (Å²) in [5, 5.41) is 5.14. The van der Waals surface area contributed by atoms with Crippen molar-refractivity contribution < 1.29 is 4.79 Å². The highest BCUT2D eigenvalue weighted by Crippen LogP contribution is 2.09. The number of halogens is 1. The van der Waals surface area contributed by atoms with E-state index in [-0.39, 0.29) is 5.91 Å². The molecule has 1 aromatic heterocycles. The maximum absolute atomic E-state index is 12.5. The molecular weight excluding hydrogens is 294 g/mol. The SMILES string of the molecule is CCCCN(CCBr)C(=O)c1cc(C)nn1CC. The van der Waals surface area contributed by atoms with Crippen LogP contribution in [0.5, 0.6) is 0 Å². The van der Waals surface area contributed by atoms with Crippen LogP contribution in [0.25, 0.3) is 0 Å². The third kappa shape index (κ3) is 3.83. The molecule has 0 aromatic carbocycles. The summed E-state index contributed by atoms with van der Waals surface area (Å²) in [5.74, 6) is 0.0883. The number of nitrogens with zero attached hydrogens (tertiary/aromatic N) is 3. The van der Waals surface area contributed by atoms with Crippen LogP contribution >= 0.6 is 15.9 Å². The second-order valence-corrected chi connectivity index (χ2v) is 5.11. The van der Waals surface area contributed by atoms with Crippen LogP contribution in [0, 0.1) is 6.92 Å². The summed E-state index contributed by atoms with van der Waals surface area (Å²) in [6, 6.07) is 1.87. The highest BCUT2D eigenvalue weighted by Gasteiger charge is 2.19. The van der Waals surface area contributed by atoms with Crippen LogP contribution in [0.3, 0.4) is 0 Å². The Labute approximate surface area is 117 Å². The van der Waals surface area contributed by atoms with Gasteiger partial charge < -0.3 is 4.90 Å². The van der Waals surface area contributed by atoms with Gasteiger partial charge in [0.2, 0.25) is 0 Å². The molecule has 0 radical (unpaired) electrons. The van der Waals surface area contributed by atoms with E-state index in [0.717, 1.165) is 43.5 Å². The van der Waals surface area contributed by atoms with Gasteiger partial charge in [0.15, 0.2) is 0 Å². The normalized spacial score (nSPS) is 10.7. The van der Waals surface area contributed by atoms with Crippen molar-refractivity contribution in [3.8, 4) is 0 Å². The number of unbranched alkanes of at least 4 members (excludes halogenated alkanes) is 1. The van der Waals surface area contributed by atoms with Crippen molar-refractivity contribution in [1.82, 2.24) is 14.7 Å². The van der Waals surface area contributed by atoms with E-state index in [0.29, 0.717) is 5.69 Å². The van der Waals surface area contributed by atoms with Crippen LogP contribution in [-0.2, 0) is 6.54 Å². The lowest BCUT2D eigenvalue weighted by Gasteiger charge is -2.21. The standard InChI is InChI=1S/C13H22BrN3O/c1-4-6-8-16(9-7-14)13(18)12-10-11(3)15-17(12)5-2/h10H,4-9H2,1-3H3. The van der Waals surface area contributed by atoms with Gasteiger partial charge in [-0.2, -0.15) is 5.10 Å². The average Bonchev–Trinajstić information content (AvgIpc) is 2.75. The molecule has 5 heteroatoms. The third-order valence-electron chi connectivity index (χ3n) is 2.84. The van der Waals surface area contributed by atoms with Crippen molar-refractivity contribution >= 4 is 21.8 Å². The second-order valence-electron chi connectivity index (χ2n) is 4.32. The number of alkyl halides is 1. The Hall–Kier alpha value is -0.840. The molecule has 0 unspecified atom stereocenters. The Bertz CT molecular complexity index is 390. The van der Waals surface area contributed by atoms with Crippen molar-refractivity contribution in [2.75, 3.05) is 18.4 Å². The topological polar surface area (TPSA) is 38.1 Å². The summed E-state index contributed by atoms with van der Waals surface area (Å²) in [6.45, 7) is 8.34. The highest BCUT2D eigenvalue weighted by atomic mass is 79.9. The number of aromatic nitrogens is 2. The van der Waals surface area contributed by atoms with Crippen molar-refractivity contribution in [2.45, 2.75) is 40.2 Å². The van der Waals surface area contributed by atoms with Crippen molar-refractivity contribution in [2.24, 2.45) is 0 Å². The molecule has 1 aromatic rings. The predicted molar refractivity (Wildman–Crippen MR) is 77.2 cm³/mol. The molecule has 0 saturated heterocycles. The number of amides is 1. The van der Waals surface area contributed by atoms with Crippen LogP contribution in [0.2, 0.25) is 0 Å². The van der Waals surface area contributed by atoms with E-state index in [1.54, 1.807) is 4.68 Å². The summed E-state index contributed by atoms with van der Waals surface area (Å²) in [7, 11) is 0. The largest absolute Gasteiger partial charge is 0.336 e. The van der Waals surface area contributed by atoms with Crippen molar-refractivity contribution in [3.05, 3.63) is 17.5 Å². The van der Waals surface area contributed by atoms with Gasteiger partial charge >= 0.3 is 0 Å². The molecule has 0 fully saturated rings. The fraction of sp³-hybridized carbons (Fsp3) is 0.692. The maximum Gasteiger partial charge on any atom is 0.272 e. The van der Waals surface area contributed by atoms with Crippen molar-refractivity contribution in [1.29, 1.82) is 0 Å². The molecule has 0 N–H and O–H groups in total. The molecule has 0 aliphatic carbocycles. The quantitative estimate of drug-likeness (QED) is 0.726. The minimum absolute atomic E-state index is 0.0883. The smallest absolute Gasteiger partial charge is 0.272 e. The molecule has 0 spiro atoms. The zero-order valence-corrected chi connectivity index (χ0v) is 13.0. The van der Waals surface area contributed by atoms with Gasteiger partial charge in [-0.15, -0.1) is 0 Å². The summed E-state index contributed by atoms with van der Waals surface area (Å²) < 4.78 is 1.78. The zero-order valence-electron chi connectivity index (χ0n) is 11.4. The molecule has 1 heterocycles. The van der Waals surface area contributed by atoms with E-state index in [2.05, 4.69) is 28.0 Å². The molecule has 1 amide bonds. The average molecular weight is 316 g/mol. The maximum atomic E-state index is 12.5. The summed E-state index contributed by atoms with van der Waals surface area (Å²) >= 11 is 3.41. The molecule has 0 saturated carbocycles. The molecule has 18 heavy (non-hydrogen) atoms. The molecule has 102 valence electrons. The van der Waals surface area contributed by atoms with Crippen LogP contribution in [-0.4, -0.2) is 39.0 Å². The Kier molecular flexibility index (Phi) is 6.39. The van der Waals surface area contributed by atoms with Gasteiger partial charge in [0.1, 0.15) is 5.69 Å². The zero-order chi connectivity index (χ0) is 13.5. The number of hydrogen-bond acceptors (Lipinski definition) is 2. The first-order valence-electron chi connectivity index (χ1n) is 6.53. The Morgan fingerprint density at radius 1 is 1.44 bits per heavy atom. The first-order chi connectivity index (χ1) is 8.63. The first kappa shape index (κ1) is 15.2. The molecule has 0 atom stereocenters. The van der Waals surface area contributed by atoms with Gasteiger partial charge in [0.05, 0.1) is 5.69 Å². The van der Waals surface area contributed by atoms with Crippen LogP contribution < -0.4 is 0 Å². The molecular formula is C13H22BrN3O. The van der Waals surface area contributed by atoms with Gasteiger partial charge in [-0.3, -0.25) is 9.48 Å². The van der Waals surface area contributed by atoms with Crippen molar-refractivity contribution in [3.63, 3.8) is 0 Å². The Morgan fingerprint density at radius 3 is 2.72 bits per heavy atom. The molecule has 1 rings (SSSR count). The first-order valence-corrected chi connectivity index (χ1v) is 7.65. The highest BCUT2D eigenvalue weighted by molar-refractivity contribution is 9.09. The minimum atomic E-state index is 0.0883. The van der Waals surface area contributed by atoms with Crippen LogP contribution in [0.4, 0.5) is 0 Å². The van der Waals surface area contributed by atoms with Crippen LogP contribution in [0.15, 0.2) is 6.07 Å². The molecule has 0 aliphatic rings. The Morgan fingerprint density at radius 2 is 2.17 bits per heavy atom. The van der Waals surface area contributed by atoms with Gasteiger partial charge in [-0.25, -0.2) is 0 Å². The van der Waals surface area contributed by atoms with Gasteiger partial charge in [-0.1, -0.05) is 29.3 Å². The van der Waals surface area contributed by atoms with Gasteiger partial charge in [-0.05, 0) is 26.3 Å². The monoisotopic (exact) mass is 315 g/mol.